The molecule has 1 aromatic rings. The Balaban J connectivity index is 1.72. The van der Waals surface area contributed by atoms with Crippen LogP contribution in [0.4, 0.5) is 5.69 Å². The topological polar surface area (TPSA) is 29.3 Å². The average molecular weight is 293 g/mol. The monoisotopic (exact) mass is 292 g/mol. The van der Waals surface area contributed by atoms with Gasteiger partial charge in [0.1, 0.15) is 0 Å². The van der Waals surface area contributed by atoms with Gasteiger partial charge in [0, 0.05) is 24.3 Å². The molecule has 0 saturated heterocycles. The SMILES string of the molecule is CN(CC1CC2CCC1C2)c1cc(Cl)ccc1CCN. The van der Waals surface area contributed by atoms with Gasteiger partial charge in [-0.1, -0.05) is 24.1 Å². The van der Waals surface area contributed by atoms with Crippen LogP contribution < -0.4 is 10.6 Å². The van der Waals surface area contributed by atoms with Crippen molar-refractivity contribution in [3.8, 4) is 0 Å². The van der Waals surface area contributed by atoms with Crippen LogP contribution >= 0.6 is 11.6 Å². The molecule has 2 bridgehead atoms. The van der Waals surface area contributed by atoms with Crippen molar-refractivity contribution in [3.05, 3.63) is 28.8 Å². The Labute approximate surface area is 127 Å². The van der Waals surface area contributed by atoms with Crippen LogP contribution in [0.3, 0.4) is 0 Å². The van der Waals surface area contributed by atoms with Crippen molar-refractivity contribution in [1.29, 1.82) is 0 Å². The van der Waals surface area contributed by atoms with E-state index in [4.69, 9.17) is 17.3 Å². The molecule has 0 radical (unpaired) electrons. The molecular weight excluding hydrogens is 268 g/mol. The summed E-state index contributed by atoms with van der Waals surface area (Å²) in [5.41, 5.74) is 8.32. The zero-order valence-corrected chi connectivity index (χ0v) is 13.1. The van der Waals surface area contributed by atoms with E-state index in [-0.39, 0.29) is 0 Å². The average Bonchev–Trinajstić information content (AvgIpc) is 3.03. The molecule has 2 nitrogen and oxygen atoms in total. The van der Waals surface area contributed by atoms with E-state index in [0.717, 1.165) is 29.2 Å². The number of nitrogens with two attached hydrogens (primary N) is 1. The van der Waals surface area contributed by atoms with Crippen molar-refractivity contribution in [2.24, 2.45) is 23.5 Å². The molecule has 0 amide bonds. The Kier molecular flexibility index (Phi) is 4.23. The van der Waals surface area contributed by atoms with Gasteiger partial charge < -0.3 is 10.6 Å². The third-order valence-electron chi connectivity index (χ3n) is 5.27. The van der Waals surface area contributed by atoms with Crippen molar-refractivity contribution < 1.29 is 0 Å². The van der Waals surface area contributed by atoms with Crippen molar-refractivity contribution >= 4 is 17.3 Å². The lowest BCUT2D eigenvalue weighted by Crippen LogP contribution is -2.29. The lowest BCUT2D eigenvalue weighted by atomic mass is 9.88. The van der Waals surface area contributed by atoms with E-state index in [1.165, 1.54) is 43.5 Å². The molecule has 2 N–H and O–H groups in total. The first-order valence-electron chi connectivity index (χ1n) is 7.87. The van der Waals surface area contributed by atoms with Gasteiger partial charge in [-0.3, -0.25) is 0 Å². The maximum absolute atomic E-state index is 6.18. The second kappa shape index (κ2) is 5.95. The Morgan fingerprint density at radius 2 is 2.15 bits per heavy atom. The highest BCUT2D eigenvalue weighted by molar-refractivity contribution is 6.30. The second-order valence-electron chi connectivity index (χ2n) is 6.63. The number of anilines is 1. The minimum Gasteiger partial charge on any atom is -0.374 e. The molecule has 0 spiro atoms. The quantitative estimate of drug-likeness (QED) is 0.896. The van der Waals surface area contributed by atoms with E-state index >= 15 is 0 Å². The predicted octanol–water partition coefficient (Wildman–Crippen LogP) is 3.71. The van der Waals surface area contributed by atoms with E-state index in [1.54, 1.807) is 0 Å². The molecule has 2 aliphatic rings. The third kappa shape index (κ3) is 2.82. The maximum Gasteiger partial charge on any atom is 0.0426 e. The first-order chi connectivity index (χ1) is 9.67. The molecule has 3 rings (SSSR count). The van der Waals surface area contributed by atoms with Gasteiger partial charge in [-0.2, -0.15) is 0 Å². The fraction of sp³-hybridized carbons (Fsp3) is 0.647. The number of rotatable bonds is 5. The number of halogens is 1. The lowest BCUT2D eigenvalue weighted by molar-refractivity contribution is 0.337. The maximum atomic E-state index is 6.18. The molecule has 0 heterocycles. The van der Waals surface area contributed by atoms with Crippen molar-refractivity contribution in [2.45, 2.75) is 32.1 Å². The fourth-order valence-corrected chi connectivity index (χ4v) is 4.48. The largest absolute Gasteiger partial charge is 0.374 e. The van der Waals surface area contributed by atoms with Gasteiger partial charge in [-0.05, 0) is 67.7 Å². The Hall–Kier alpha value is -0.730. The van der Waals surface area contributed by atoms with Gasteiger partial charge in [0.15, 0.2) is 0 Å². The number of hydrogen-bond acceptors (Lipinski definition) is 2. The van der Waals surface area contributed by atoms with Crippen LogP contribution in [0.1, 0.15) is 31.2 Å². The van der Waals surface area contributed by atoms with Crippen LogP contribution in [0.25, 0.3) is 0 Å². The zero-order valence-electron chi connectivity index (χ0n) is 12.3. The van der Waals surface area contributed by atoms with Gasteiger partial charge in [-0.25, -0.2) is 0 Å². The normalized spacial score (nSPS) is 28.1. The fourth-order valence-electron chi connectivity index (χ4n) is 4.31. The standard InChI is InChI=1S/C17H25ClN2/c1-20(11-15-9-12-2-3-14(15)8-12)17-10-16(18)5-4-13(17)6-7-19/h4-5,10,12,14-15H,2-3,6-9,11,19H2,1H3. The molecule has 110 valence electrons. The molecule has 2 fully saturated rings. The molecule has 2 saturated carbocycles. The first-order valence-corrected chi connectivity index (χ1v) is 8.24. The molecule has 3 unspecified atom stereocenters. The minimum atomic E-state index is 0.691. The summed E-state index contributed by atoms with van der Waals surface area (Å²) in [6.07, 6.45) is 6.76. The molecule has 3 atom stereocenters. The molecule has 0 aliphatic heterocycles. The highest BCUT2D eigenvalue weighted by Crippen LogP contribution is 2.48. The van der Waals surface area contributed by atoms with Crippen molar-refractivity contribution in [3.63, 3.8) is 0 Å². The number of nitrogens with zero attached hydrogens (tertiary/aromatic N) is 1. The summed E-state index contributed by atoms with van der Waals surface area (Å²) >= 11 is 6.18. The lowest BCUT2D eigenvalue weighted by Gasteiger charge is -2.30. The highest BCUT2D eigenvalue weighted by Gasteiger charge is 2.39. The molecule has 2 aliphatic carbocycles. The molecule has 20 heavy (non-hydrogen) atoms. The Bertz CT molecular complexity index is 474. The summed E-state index contributed by atoms with van der Waals surface area (Å²) in [5.74, 6) is 2.87. The number of hydrogen-bond donors (Lipinski definition) is 1. The summed E-state index contributed by atoms with van der Waals surface area (Å²) in [4.78, 5) is 2.41. The van der Waals surface area contributed by atoms with Gasteiger partial charge in [0.25, 0.3) is 0 Å². The Morgan fingerprint density at radius 3 is 2.80 bits per heavy atom. The van der Waals surface area contributed by atoms with Crippen molar-refractivity contribution in [2.75, 3.05) is 25.0 Å². The van der Waals surface area contributed by atoms with Gasteiger partial charge in [0.2, 0.25) is 0 Å². The van der Waals surface area contributed by atoms with E-state index < -0.39 is 0 Å². The van der Waals surface area contributed by atoms with Crippen LogP contribution in [0.2, 0.25) is 5.02 Å². The molecule has 0 aromatic heterocycles. The summed E-state index contributed by atoms with van der Waals surface area (Å²) in [7, 11) is 2.21. The van der Waals surface area contributed by atoms with Crippen LogP contribution in [0.5, 0.6) is 0 Å². The van der Waals surface area contributed by atoms with Crippen molar-refractivity contribution in [1.82, 2.24) is 0 Å². The summed E-state index contributed by atoms with van der Waals surface area (Å²) in [6, 6.07) is 6.20. The van der Waals surface area contributed by atoms with Gasteiger partial charge in [0.05, 0.1) is 0 Å². The summed E-state index contributed by atoms with van der Waals surface area (Å²) < 4.78 is 0. The van der Waals surface area contributed by atoms with E-state index in [0.29, 0.717) is 6.54 Å². The molecule has 3 heteroatoms. The number of benzene rings is 1. The molecule has 1 aromatic carbocycles. The van der Waals surface area contributed by atoms with Crippen LogP contribution in [0, 0.1) is 17.8 Å². The Morgan fingerprint density at radius 1 is 1.30 bits per heavy atom. The smallest absolute Gasteiger partial charge is 0.0426 e. The van der Waals surface area contributed by atoms with Gasteiger partial charge >= 0.3 is 0 Å². The zero-order chi connectivity index (χ0) is 14.1. The number of fused-ring (bicyclic) bond motifs is 2. The summed E-state index contributed by atoms with van der Waals surface area (Å²) in [5, 5.41) is 0.820. The molecular formula is C17H25ClN2. The van der Waals surface area contributed by atoms with Crippen LogP contribution in [-0.4, -0.2) is 20.1 Å². The van der Waals surface area contributed by atoms with Gasteiger partial charge in [-0.15, -0.1) is 0 Å². The highest BCUT2D eigenvalue weighted by atomic mass is 35.5. The van der Waals surface area contributed by atoms with E-state index in [9.17, 15) is 0 Å². The predicted molar refractivity (Wildman–Crippen MR) is 86.4 cm³/mol. The van der Waals surface area contributed by atoms with E-state index in [1.807, 2.05) is 6.07 Å². The van der Waals surface area contributed by atoms with E-state index in [2.05, 4.69) is 24.1 Å². The first kappa shape index (κ1) is 14.2. The minimum absolute atomic E-state index is 0.691. The third-order valence-corrected chi connectivity index (χ3v) is 5.50. The van der Waals surface area contributed by atoms with Crippen LogP contribution in [-0.2, 0) is 6.42 Å². The summed E-state index contributed by atoms with van der Waals surface area (Å²) in [6.45, 7) is 1.86. The second-order valence-corrected chi connectivity index (χ2v) is 7.06. The van der Waals surface area contributed by atoms with Crippen LogP contribution in [0.15, 0.2) is 18.2 Å².